The highest BCUT2D eigenvalue weighted by Gasteiger charge is 2.36. The van der Waals surface area contributed by atoms with Crippen LogP contribution in [0.25, 0.3) is 0 Å². The Morgan fingerprint density at radius 1 is 0.750 bits per heavy atom. The lowest BCUT2D eigenvalue weighted by Crippen LogP contribution is -2.43. The Kier molecular flexibility index (Phi) is 16.7. The maximum atomic E-state index is 11.5. The fraction of sp³-hybridized carbons (Fsp3) is 0.875. The molecule has 0 bridgehead atoms. The van der Waals surface area contributed by atoms with Crippen molar-refractivity contribution < 1.29 is 41.8 Å². The van der Waals surface area contributed by atoms with Crippen molar-refractivity contribution >= 4 is 21.0 Å². The van der Waals surface area contributed by atoms with E-state index < -0.39 is 21.0 Å². The molecule has 0 aliphatic rings. The van der Waals surface area contributed by atoms with Crippen molar-refractivity contribution in [3.05, 3.63) is 0 Å². The Labute approximate surface area is 167 Å². The van der Waals surface area contributed by atoms with Crippen LogP contribution in [0.3, 0.4) is 0 Å². The van der Waals surface area contributed by atoms with Crippen LogP contribution in [-0.4, -0.2) is 95.1 Å². The van der Waals surface area contributed by atoms with Gasteiger partial charge in [-0.2, -0.15) is 0 Å². The first-order chi connectivity index (χ1) is 13.5. The fourth-order valence-electron chi connectivity index (χ4n) is 2.01. The summed E-state index contributed by atoms with van der Waals surface area (Å²) in [7, 11) is 2.04. The Bertz CT molecular complexity index is 403. The smallest absolute Gasteiger partial charge is 0.447 e. The first-order valence-electron chi connectivity index (χ1n) is 9.15. The van der Waals surface area contributed by atoms with Crippen molar-refractivity contribution in [1.29, 1.82) is 0 Å². The standard InChI is InChI=1S/C16H34N2O9Si/c1-5-17-15(19)26-12-10-24-8-9-25-11-13-27-16(20)18-7-6-14-28(21-2,22-3)23-4/h5-14H2,1-4H3,(H,17,19)(H,18,20). The van der Waals surface area contributed by atoms with Crippen LogP contribution < -0.4 is 10.6 Å². The highest BCUT2D eigenvalue weighted by atomic mass is 28.4. The van der Waals surface area contributed by atoms with E-state index in [1.54, 1.807) is 28.3 Å². The summed E-state index contributed by atoms with van der Waals surface area (Å²) in [5.74, 6) is 0. The van der Waals surface area contributed by atoms with E-state index >= 15 is 0 Å². The van der Waals surface area contributed by atoms with Crippen molar-refractivity contribution in [2.45, 2.75) is 19.4 Å². The van der Waals surface area contributed by atoms with Crippen molar-refractivity contribution in [3.63, 3.8) is 0 Å². The molecule has 0 fully saturated rings. The zero-order chi connectivity index (χ0) is 21.1. The van der Waals surface area contributed by atoms with Gasteiger partial charge in [-0.05, 0) is 13.3 Å². The molecule has 0 spiro atoms. The SMILES string of the molecule is CCNC(=O)OCCOCCOCCOC(=O)NCCC[Si](OC)(OC)OC. The third kappa shape index (κ3) is 13.7. The van der Waals surface area contributed by atoms with Crippen LogP contribution in [-0.2, 0) is 32.2 Å². The number of alkyl carbamates (subject to hydrolysis) is 2. The van der Waals surface area contributed by atoms with E-state index in [-0.39, 0.29) is 19.8 Å². The van der Waals surface area contributed by atoms with Gasteiger partial charge in [-0.1, -0.05) is 0 Å². The molecule has 2 N–H and O–H groups in total. The Hall–Kier alpha value is -1.44. The molecular formula is C16H34N2O9Si. The maximum Gasteiger partial charge on any atom is 0.500 e. The molecule has 166 valence electrons. The molecule has 0 aromatic carbocycles. The molecule has 0 atom stereocenters. The zero-order valence-electron chi connectivity index (χ0n) is 17.2. The van der Waals surface area contributed by atoms with Gasteiger partial charge in [0.2, 0.25) is 0 Å². The van der Waals surface area contributed by atoms with Gasteiger partial charge in [0.05, 0.1) is 26.4 Å². The molecule has 12 heteroatoms. The number of carbonyl (C=O) groups excluding carboxylic acids is 2. The van der Waals surface area contributed by atoms with E-state index in [0.717, 1.165) is 0 Å². The molecule has 0 aromatic rings. The fourth-order valence-corrected chi connectivity index (χ4v) is 3.73. The first kappa shape index (κ1) is 26.6. The number of nitrogens with one attached hydrogen (secondary N) is 2. The van der Waals surface area contributed by atoms with Crippen LogP contribution >= 0.6 is 0 Å². The quantitative estimate of drug-likeness (QED) is 0.256. The average Bonchev–Trinajstić information content (AvgIpc) is 2.70. The predicted octanol–water partition coefficient (Wildman–Crippen LogP) is 0.760. The van der Waals surface area contributed by atoms with E-state index in [4.69, 9.17) is 32.2 Å². The molecule has 28 heavy (non-hydrogen) atoms. The summed E-state index contributed by atoms with van der Waals surface area (Å²) >= 11 is 0. The van der Waals surface area contributed by atoms with Crippen LogP contribution in [0.5, 0.6) is 0 Å². The molecule has 2 amide bonds. The second kappa shape index (κ2) is 17.6. The van der Waals surface area contributed by atoms with E-state index in [0.29, 0.717) is 45.4 Å². The van der Waals surface area contributed by atoms with Gasteiger partial charge in [0.15, 0.2) is 0 Å². The van der Waals surface area contributed by atoms with Crippen LogP contribution in [0.2, 0.25) is 6.04 Å². The van der Waals surface area contributed by atoms with Gasteiger partial charge in [-0.25, -0.2) is 9.59 Å². The zero-order valence-corrected chi connectivity index (χ0v) is 18.2. The summed E-state index contributed by atoms with van der Waals surface area (Å²) in [6, 6.07) is 0.591. The predicted molar refractivity (Wildman–Crippen MR) is 102 cm³/mol. The van der Waals surface area contributed by atoms with Gasteiger partial charge >= 0.3 is 21.0 Å². The number of hydrogen-bond acceptors (Lipinski definition) is 9. The summed E-state index contributed by atoms with van der Waals surface area (Å²) in [5.41, 5.74) is 0. The van der Waals surface area contributed by atoms with E-state index in [9.17, 15) is 9.59 Å². The van der Waals surface area contributed by atoms with Gasteiger partial charge in [0.25, 0.3) is 0 Å². The molecule has 11 nitrogen and oxygen atoms in total. The molecule has 0 unspecified atom stereocenters. The second-order valence-electron chi connectivity index (χ2n) is 5.35. The minimum atomic E-state index is -2.60. The summed E-state index contributed by atoms with van der Waals surface area (Å²) in [5, 5.41) is 5.15. The van der Waals surface area contributed by atoms with Gasteiger partial charge in [-0.3, -0.25) is 0 Å². The summed E-state index contributed by atoms with van der Waals surface area (Å²) < 4.78 is 36.2. The van der Waals surface area contributed by atoms with Crippen LogP contribution in [0, 0.1) is 0 Å². The second-order valence-corrected chi connectivity index (χ2v) is 8.44. The summed E-state index contributed by atoms with van der Waals surface area (Å²) in [6.07, 6.45) is -0.328. The molecule has 0 aliphatic heterocycles. The largest absolute Gasteiger partial charge is 0.500 e. The van der Waals surface area contributed by atoms with Crippen molar-refractivity contribution in [2.75, 3.05) is 74.1 Å². The number of hydrogen-bond donors (Lipinski definition) is 2. The van der Waals surface area contributed by atoms with Gasteiger partial charge < -0.3 is 42.9 Å². The Morgan fingerprint density at radius 2 is 1.21 bits per heavy atom. The Morgan fingerprint density at radius 3 is 1.68 bits per heavy atom. The number of rotatable bonds is 17. The lowest BCUT2D eigenvalue weighted by Gasteiger charge is -2.24. The lowest BCUT2D eigenvalue weighted by atomic mass is 10.5. The number of carbonyl (C=O) groups is 2. The molecule has 0 aliphatic carbocycles. The van der Waals surface area contributed by atoms with Crippen molar-refractivity contribution in [1.82, 2.24) is 10.6 Å². The van der Waals surface area contributed by atoms with Crippen LogP contribution in [0.4, 0.5) is 9.59 Å². The normalized spacial score (nSPS) is 11.1. The highest BCUT2D eigenvalue weighted by Crippen LogP contribution is 2.14. The summed E-state index contributed by atoms with van der Waals surface area (Å²) in [4.78, 5) is 22.5. The van der Waals surface area contributed by atoms with Gasteiger partial charge in [-0.15, -0.1) is 0 Å². The highest BCUT2D eigenvalue weighted by molar-refractivity contribution is 6.60. The summed E-state index contributed by atoms with van der Waals surface area (Å²) in [6.45, 7) is 4.33. The number of ether oxygens (including phenoxy) is 4. The van der Waals surface area contributed by atoms with Gasteiger partial charge in [0.1, 0.15) is 13.2 Å². The number of amides is 2. The molecule has 0 saturated heterocycles. The monoisotopic (exact) mass is 426 g/mol. The minimum absolute atomic E-state index is 0.138. The van der Waals surface area contributed by atoms with Crippen molar-refractivity contribution in [3.8, 4) is 0 Å². The topological polar surface area (TPSA) is 123 Å². The Balaban J connectivity index is 3.45. The maximum absolute atomic E-state index is 11.5. The van der Waals surface area contributed by atoms with E-state index in [1.165, 1.54) is 0 Å². The third-order valence-corrected chi connectivity index (χ3v) is 6.31. The average molecular weight is 427 g/mol. The first-order valence-corrected chi connectivity index (χ1v) is 11.1. The van der Waals surface area contributed by atoms with Crippen molar-refractivity contribution in [2.24, 2.45) is 0 Å². The molecule has 0 rings (SSSR count). The molecule has 0 saturated carbocycles. The van der Waals surface area contributed by atoms with E-state index in [2.05, 4.69) is 10.6 Å². The molecule has 0 heterocycles. The third-order valence-electron chi connectivity index (χ3n) is 3.48. The minimum Gasteiger partial charge on any atom is -0.447 e. The van der Waals surface area contributed by atoms with Crippen LogP contribution in [0.15, 0.2) is 0 Å². The lowest BCUT2D eigenvalue weighted by molar-refractivity contribution is 0.0156. The molecule has 0 radical (unpaired) electrons. The van der Waals surface area contributed by atoms with E-state index in [1.807, 2.05) is 0 Å². The van der Waals surface area contributed by atoms with Gasteiger partial charge in [0, 0.05) is 40.5 Å². The molecular weight excluding hydrogens is 392 g/mol. The van der Waals surface area contributed by atoms with Crippen LogP contribution in [0.1, 0.15) is 13.3 Å². The molecule has 0 aromatic heterocycles.